The number of nitrogens with one attached hydrogen (secondary N) is 1. The third-order valence-corrected chi connectivity index (χ3v) is 3.50. The third-order valence-electron chi connectivity index (χ3n) is 3.00. The van der Waals surface area contributed by atoms with Gasteiger partial charge in [0.2, 0.25) is 0 Å². The smallest absolute Gasteiger partial charge is 0.142 e. The van der Waals surface area contributed by atoms with Crippen LogP contribution in [-0.2, 0) is 11.3 Å². The van der Waals surface area contributed by atoms with Gasteiger partial charge in [-0.05, 0) is 31.5 Å². The number of methoxy groups -OCH3 is 1. The van der Waals surface area contributed by atoms with Gasteiger partial charge in [-0.2, -0.15) is 0 Å². The normalized spacial score (nSPS) is 12.7. The van der Waals surface area contributed by atoms with Crippen molar-refractivity contribution in [1.29, 1.82) is 0 Å². The van der Waals surface area contributed by atoms with Crippen LogP contribution in [-0.4, -0.2) is 26.4 Å². The third kappa shape index (κ3) is 6.88. The van der Waals surface area contributed by atoms with Crippen LogP contribution < -0.4 is 10.1 Å². The van der Waals surface area contributed by atoms with E-state index in [1.807, 2.05) is 13.0 Å². The zero-order valence-corrected chi connectivity index (χ0v) is 14.7. The highest BCUT2D eigenvalue weighted by Crippen LogP contribution is 2.33. The van der Waals surface area contributed by atoms with E-state index in [1.165, 1.54) is 0 Å². The van der Waals surface area contributed by atoms with Crippen LogP contribution in [0, 0.1) is 5.92 Å². The summed E-state index contributed by atoms with van der Waals surface area (Å²) >= 11 is 12.4. The molecule has 1 aromatic rings. The van der Waals surface area contributed by atoms with Gasteiger partial charge in [0.1, 0.15) is 5.75 Å². The monoisotopic (exact) mass is 333 g/mol. The number of benzene rings is 1. The van der Waals surface area contributed by atoms with Crippen LogP contribution in [0.2, 0.25) is 10.0 Å². The first-order chi connectivity index (χ1) is 9.93. The van der Waals surface area contributed by atoms with E-state index in [0.29, 0.717) is 34.9 Å². The Bertz CT molecular complexity index is 439. The van der Waals surface area contributed by atoms with E-state index in [1.54, 1.807) is 13.2 Å². The molecule has 0 aliphatic heterocycles. The Morgan fingerprint density at radius 1 is 1.19 bits per heavy atom. The van der Waals surface area contributed by atoms with Crippen LogP contribution in [0.4, 0.5) is 0 Å². The average Bonchev–Trinajstić information content (AvgIpc) is 2.39. The van der Waals surface area contributed by atoms with Crippen LogP contribution in [0.25, 0.3) is 0 Å². The lowest BCUT2D eigenvalue weighted by Gasteiger charge is -2.19. The molecule has 0 radical (unpaired) electrons. The largest absolute Gasteiger partial charge is 0.489 e. The lowest BCUT2D eigenvalue weighted by Crippen LogP contribution is -2.21. The maximum atomic E-state index is 6.29. The molecule has 0 saturated carbocycles. The highest BCUT2D eigenvalue weighted by Gasteiger charge is 2.14. The van der Waals surface area contributed by atoms with Gasteiger partial charge in [0.25, 0.3) is 0 Å². The predicted octanol–water partition coefficient (Wildman–Crippen LogP) is 4.54. The fraction of sp³-hybridized carbons (Fsp3) is 0.625. The van der Waals surface area contributed by atoms with E-state index in [9.17, 15) is 0 Å². The Labute approximate surface area is 137 Å². The van der Waals surface area contributed by atoms with Gasteiger partial charge in [-0.3, -0.25) is 0 Å². The fourth-order valence-corrected chi connectivity index (χ4v) is 2.50. The molecule has 1 aromatic carbocycles. The van der Waals surface area contributed by atoms with Gasteiger partial charge in [0.05, 0.1) is 11.1 Å². The van der Waals surface area contributed by atoms with Gasteiger partial charge >= 0.3 is 0 Å². The zero-order valence-electron chi connectivity index (χ0n) is 13.2. The van der Waals surface area contributed by atoms with Crippen molar-refractivity contribution in [3.8, 4) is 5.75 Å². The standard InChI is InChI=1S/C16H25Cl2NO2/c1-11(2)9-19-10-13-7-14(17)8-15(18)16(13)21-12(3)5-6-20-4/h7-8,11-12,19H,5-6,9-10H2,1-4H3. The fourth-order valence-electron chi connectivity index (χ4n) is 1.92. The summed E-state index contributed by atoms with van der Waals surface area (Å²) in [5.41, 5.74) is 0.984. The van der Waals surface area contributed by atoms with Crippen molar-refractivity contribution in [3.63, 3.8) is 0 Å². The maximum Gasteiger partial charge on any atom is 0.142 e. The molecule has 0 aromatic heterocycles. The summed E-state index contributed by atoms with van der Waals surface area (Å²) in [6.45, 7) is 8.63. The Kier molecular flexibility index (Phi) is 8.42. The molecule has 1 rings (SSSR count). The zero-order chi connectivity index (χ0) is 15.8. The quantitative estimate of drug-likeness (QED) is 0.719. The second kappa shape index (κ2) is 9.52. The van der Waals surface area contributed by atoms with Crippen molar-refractivity contribution in [2.45, 2.75) is 39.8 Å². The summed E-state index contributed by atoms with van der Waals surface area (Å²) in [5.74, 6) is 1.30. The van der Waals surface area contributed by atoms with Crippen LogP contribution in [0.1, 0.15) is 32.8 Å². The number of ether oxygens (including phenoxy) is 2. The van der Waals surface area contributed by atoms with Gasteiger partial charge in [-0.1, -0.05) is 37.0 Å². The van der Waals surface area contributed by atoms with Crippen molar-refractivity contribution in [2.24, 2.45) is 5.92 Å². The number of hydrogen-bond donors (Lipinski definition) is 1. The molecule has 0 aliphatic carbocycles. The molecule has 0 fully saturated rings. The van der Waals surface area contributed by atoms with Crippen LogP contribution in [0.15, 0.2) is 12.1 Å². The van der Waals surface area contributed by atoms with Gasteiger partial charge in [-0.15, -0.1) is 0 Å². The summed E-state index contributed by atoms with van der Waals surface area (Å²) in [7, 11) is 1.68. The molecule has 1 N–H and O–H groups in total. The highest BCUT2D eigenvalue weighted by molar-refractivity contribution is 6.35. The summed E-state index contributed by atoms with van der Waals surface area (Å²) < 4.78 is 11.1. The second-order valence-electron chi connectivity index (χ2n) is 5.61. The molecule has 0 heterocycles. The first-order valence-electron chi connectivity index (χ1n) is 7.28. The van der Waals surface area contributed by atoms with E-state index >= 15 is 0 Å². The summed E-state index contributed by atoms with van der Waals surface area (Å²) in [4.78, 5) is 0. The van der Waals surface area contributed by atoms with Crippen LogP contribution in [0.5, 0.6) is 5.75 Å². The molecule has 120 valence electrons. The SMILES string of the molecule is COCCC(C)Oc1c(Cl)cc(Cl)cc1CNCC(C)C. The van der Waals surface area contributed by atoms with E-state index in [0.717, 1.165) is 18.5 Å². The average molecular weight is 334 g/mol. The Hall–Kier alpha value is -0.480. The lowest BCUT2D eigenvalue weighted by molar-refractivity contribution is 0.134. The Morgan fingerprint density at radius 3 is 2.52 bits per heavy atom. The minimum atomic E-state index is 0.0347. The molecular weight excluding hydrogens is 309 g/mol. The Balaban J connectivity index is 2.79. The van der Waals surface area contributed by atoms with Crippen LogP contribution in [0.3, 0.4) is 0 Å². The number of rotatable bonds is 9. The summed E-state index contributed by atoms with van der Waals surface area (Å²) in [6.07, 6.45) is 0.849. The topological polar surface area (TPSA) is 30.5 Å². The second-order valence-corrected chi connectivity index (χ2v) is 6.45. The maximum absolute atomic E-state index is 6.29. The molecule has 0 bridgehead atoms. The molecule has 0 spiro atoms. The summed E-state index contributed by atoms with van der Waals surface area (Å²) in [6, 6.07) is 3.62. The highest BCUT2D eigenvalue weighted by atomic mass is 35.5. The molecule has 1 atom stereocenters. The molecular formula is C16H25Cl2NO2. The minimum Gasteiger partial charge on any atom is -0.489 e. The molecule has 21 heavy (non-hydrogen) atoms. The van der Waals surface area contributed by atoms with E-state index in [-0.39, 0.29) is 6.10 Å². The molecule has 3 nitrogen and oxygen atoms in total. The molecule has 0 amide bonds. The van der Waals surface area contributed by atoms with Gasteiger partial charge in [0, 0.05) is 37.3 Å². The van der Waals surface area contributed by atoms with E-state index < -0.39 is 0 Å². The van der Waals surface area contributed by atoms with Crippen molar-refractivity contribution < 1.29 is 9.47 Å². The first kappa shape index (κ1) is 18.6. The minimum absolute atomic E-state index is 0.0347. The molecule has 5 heteroatoms. The van der Waals surface area contributed by atoms with Gasteiger partial charge in [0.15, 0.2) is 0 Å². The predicted molar refractivity (Wildman–Crippen MR) is 89.6 cm³/mol. The Morgan fingerprint density at radius 2 is 1.90 bits per heavy atom. The first-order valence-corrected chi connectivity index (χ1v) is 8.03. The van der Waals surface area contributed by atoms with Crippen molar-refractivity contribution in [2.75, 3.05) is 20.3 Å². The van der Waals surface area contributed by atoms with E-state index in [4.69, 9.17) is 32.7 Å². The van der Waals surface area contributed by atoms with Gasteiger partial charge < -0.3 is 14.8 Å². The van der Waals surface area contributed by atoms with Gasteiger partial charge in [-0.25, -0.2) is 0 Å². The van der Waals surface area contributed by atoms with E-state index in [2.05, 4.69) is 19.2 Å². The van der Waals surface area contributed by atoms with Crippen molar-refractivity contribution in [3.05, 3.63) is 27.7 Å². The molecule has 0 aliphatic rings. The lowest BCUT2D eigenvalue weighted by atomic mass is 10.1. The van der Waals surface area contributed by atoms with Crippen molar-refractivity contribution >= 4 is 23.2 Å². The molecule has 1 unspecified atom stereocenters. The number of halogens is 2. The van der Waals surface area contributed by atoms with Crippen LogP contribution >= 0.6 is 23.2 Å². The molecule has 0 saturated heterocycles. The summed E-state index contributed by atoms with van der Waals surface area (Å²) in [5, 5.41) is 4.56. The van der Waals surface area contributed by atoms with Crippen molar-refractivity contribution in [1.82, 2.24) is 5.32 Å². The number of hydrogen-bond acceptors (Lipinski definition) is 3.